The molecule has 3 N–H and O–H groups in total. The van der Waals surface area contributed by atoms with Gasteiger partial charge in [0, 0.05) is 11.7 Å². The van der Waals surface area contributed by atoms with Crippen molar-refractivity contribution in [3.63, 3.8) is 0 Å². The van der Waals surface area contributed by atoms with E-state index in [0.29, 0.717) is 22.4 Å². The first-order valence-electron chi connectivity index (χ1n) is 7.74. The number of hydrogen-bond acceptors (Lipinski definition) is 4. The highest BCUT2D eigenvalue weighted by molar-refractivity contribution is 6.34. The molecular weight excluding hydrogens is 330 g/mol. The Morgan fingerprint density at radius 1 is 1.29 bits per heavy atom. The van der Waals surface area contributed by atoms with Crippen molar-refractivity contribution in [2.75, 3.05) is 10.6 Å². The maximum Gasteiger partial charge on any atom is 0.291 e. The molecule has 2 amide bonds. The van der Waals surface area contributed by atoms with Gasteiger partial charge in [-0.05, 0) is 50.1 Å². The number of rotatable bonds is 6. The number of anilines is 2. The Hall–Kier alpha value is -2.47. The smallest absolute Gasteiger partial charge is 0.291 e. The number of carbonyl (C=O) groups is 2. The fourth-order valence-corrected chi connectivity index (χ4v) is 2.40. The van der Waals surface area contributed by atoms with E-state index in [0.717, 1.165) is 12.8 Å². The van der Waals surface area contributed by atoms with Gasteiger partial charge in [-0.1, -0.05) is 11.6 Å². The molecule has 1 aromatic carbocycles. The number of halogens is 1. The summed E-state index contributed by atoms with van der Waals surface area (Å²) in [7, 11) is 0. The van der Waals surface area contributed by atoms with Crippen molar-refractivity contribution < 1.29 is 14.0 Å². The maximum absolute atomic E-state index is 12.0. The van der Waals surface area contributed by atoms with Gasteiger partial charge < -0.3 is 20.4 Å². The predicted molar refractivity (Wildman–Crippen MR) is 92.4 cm³/mol. The summed E-state index contributed by atoms with van der Waals surface area (Å²) in [4.78, 5) is 23.9. The van der Waals surface area contributed by atoms with Crippen LogP contribution < -0.4 is 16.0 Å². The Kier molecular flexibility index (Phi) is 4.76. The maximum atomic E-state index is 12.0. The van der Waals surface area contributed by atoms with Gasteiger partial charge in [-0.3, -0.25) is 9.59 Å². The molecule has 0 unspecified atom stereocenters. The van der Waals surface area contributed by atoms with Crippen LogP contribution in [0, 0.1) is 0 Å². The molecule has 24 heavy (non-hydrogen) atoms. The van der Waals surface area contributed by atoms with E-state index in [4.69, 9.17) is 16.0 Å². The van der Waals surface area contributed by atoms with Crippen molar-refractivity contribution in [2.45, 2.75) is 31.8 Å². The van der Waals surface area contributed by atoms with Gasteiger partial charge in [0.2, 0.25) is 5.91 Å². The van der Waals surface area contributed by atoms with Crippen LogP contribution >= 0.6 is 11.6 Å². The van der Waals surface area contributed by atoms with Crippen molar-refractivity contribution in [3.05, 3.63) is 47.4 Å². The fourth-order valence-electron chi connectivity index (χ4n) is 2.17. The van der Waals surface area contributed by atoms with E-state index in [-0.39, 0.29) is 23.6 Å². The number of furan rings is 1. The molecule has 7 heteroatoms. The summed E-state index contributed by atoms with van der Waals surface area (Å²) < 4.78 is 5.03. The van der Waals surface area contributed by atoms with E-state index < -0.39 is 0 Å². The minimum absolute atomic E-state index is 0.0381. The lowest BCUT2D eigenvalue weighted by Crippen LogP contribution is -2.38. The number of benzene rings is 1. The molecule has 0 spiro atoms. The van der Waals surface area contributed by atoms with Crippen molar-refractivity contribution in [2.24, 2.45) is 0 Å². The van der Waals surface area contributed by atoms with Crippen LogP contribution in [0.1, 0.15) is 30.3 Å². The average Bonchev–Trinajstić information content (AvgIpc) is 3.18. The SMILES string of the molecule is C[C@@H](Nc1ccc(NC(=O)c2ccco2)c(Cl)c1)C(=O)NC1CC1. The second kappa shape index (κ2) is 6.97. The van der Waals surface area contributed by atoms with Crippen molar-refractivity contribution in [1.82, 2.24) is 5.32 Å². The van der Waals surface area contributed by atoms with Crippen LogP contribution in [0.25, 0.3) is 0 Å². The Balaban J connectivity index is 1.61. The normalized spacial score (nSPS) is 14.8. The molecule has 2 aromatic rings. The van der Waals surface area contributed by atoms with Gasteiger partial charge in [0.25, 0.3) is 5.91 Å². The number of amides is 2. The molecule has 0 saturated heterocycles. The van der Waals surface area contributed by atoms with Gasteiger partial charge >= 0.3 is 0 Å². The largest absolute Gasteiger partial charge is 0.459 e. The molecule has 1 aliphatic rings. The first-order chi connectivity index (χ1) is 11.5. The third-order valence-electron chi connectivity index (χ3n) is 3.66. The standard InChI is InChI=1S/C17H18ClN3O3/c1-10(16(22)20-11-4-5-11)19-12-6-7-14(13(18)9-12)21-17(23)15-3-2-8-24-15/h2-3,6-11,19H,4-5H2,1H3,(H,20,22)(H,21,23)/t10-/m1/s1. The van der Waals surface area contributed by atoms with Crippen LogP contribution in [0.4, 0.5) is 11.4 Å². The minimum Gasteiger partial charge on any atom is -0.459 e. The van der Waals surface area contributed by atoms with Crippen molar-refractivity contribution >= 4 is 34.8 Å². The first kappa shape index (κ1) is 16.4. The minimum atomic E-state index is -0.375. The molecule has 0 aliphatic heterocycles. The summed E-state index contributed by atoms with van der Waals surface area (Å²) in [5.74, 6) is -0.206. The zero-order valence-electron chi connectivity index (χ0n) is 13.1. The highest BCUT2D eigenvalue weighted by atomic mass is 35.5. The van der Waals surface area contributed by atoms with E-state index in [1.807, 2.05) is 0 Å². The second-order valence-corrected chi connectivity index (χ2v) is 6.18. The van der Waals surface area contributed by atoms with Gasteiger partial charge in [-0.15, -0.1) is 0 Å². The summed E-state index contributed by atoms with van der Waals surface area (Å²) in [6.45, 7) is 1.79. The number of hydrogen-bond donors (Lipinski definition) is 3. The molecule has 6 nitrogen and oxygen atoms in total. The molecule has 1 saturated carbocycles. The predicted octanol–water partition coefficient (Wildman–Crippen LogP) is 3.26. The van der Waals surface area contributed by atoms with Gasteiger partial charge in [0.05, 0.1) is 17.0 Å². The quantitative estimate of drug-likeness (QED) is 0.749. The highest BCUT2D eigenvalue weighted by Crippen LogP contribution is 2.26. The Morgan fingerprint density at radius 3 is 2.71 bits per heavy atom. The topological polar surface area (TPSA) is 83.4 Å². The van der Waals surface area contributed by atoms with Crippen LogP contribution in [0.3, 0.4) is 0 Å². The molecule has 1 atom stereocenters. The monoisotopic (exact) mass is 347 g/mol. The summed E-state index contributed by atoms with van der Waals surface area (Å²) in [6.07, 6.45) is 3.53. The average molecular weight is 348 g/mol. The van der Waals surface area contributed by atoms with Gasteiger partial charge in [0.1, 0.15) is 6.04 Å². The van der Waals surface area contributed by atoms with E-state index in [1.54, 1.807) is 37.3 Å². The molecule has 1 heterocycles. The van der Waals surface area contributed by atoms with E-state index in [9.17, 15) is 9.59 Å². The van der Waals surface area contributed by atoms with Crippen LogP contribution in [-0.4, -0.2) is 23.9 Å². The zero-order chi connectivity index (χ0) is 17.1. The van der Waals surface area contributed by atoms with Crippen LogP contribution in [0.2, 0.25) is 5.02 Å². The third kappa shape index (κ3) is 4.08. The molecule has 3 rings (SSSR count). The third-order valence-corrected chi connectivity index (χ3v) is 3.98. The molecule has 0 bridgehead atoms. The lowest BCUT2D eigenvalue weighted by molar-refractivity contribution is -0.121. The van der Waals surface area contributed by atoms with Gasteiger partial charge in [-0.2, -0.15) is 0 Å². The molecular formula is C17H18ClN3O3. The molecule has 126 valence electrons. The molecule has 1 aliphatic carbocycles. The number of carbonyl (C=O) groups excluding carboxylic acids is 2. The molecule has 1 fully saturated rings. The second-order valence-electron chi connectivity index (χ2n) is 5.77. The fraction of sp³-hybridized carbons (Fsp3) is 0.294. The Morgan fingerprint density at radius 2 is 2.08 bits per heavy atom. The van der Waals surface area contributed by atoms with Gasteiger partial charge in [-0.25, -0.2) is 0 Å². The van der Waals surface area contributed by atoms with E-state index >= 15 is 0 Å². The Labute approximate surface area is 144 Å². The van der Waals surface area contributed by atoms with E-state index in [1.165, 1.54) is 6.26 Å². The highest BCUT2D eigenvalue weighted by Gasteiger charge is 2.25. The summed E-state index contributed by atoms with van der Waals surface area (Å²) in [5.41, 5.74) is 1.17. The van der Waals surface area contributed by atoms with Crippen molar-refractivity contribution in [3.8, 4) is 0 Å². The lowest BCUT2D eigenvalue weighted by atomic mass is 10.2. The zero-order valence-corrected chi connectivity index (χ0v) is 13.9. The number of nitrogens with one attached hydrogen (secondary N) is 3. The molecule has 1 aromatic heterocycles. The van der Waals surface area contributed by atoms with E-state index in [2.05, 4.69) is 16.0 Å². The summed E-state index contributed by atoms with van der Waals surface area (Å²) in [5, 5.41) is 9.08. The Bertz CT molecular complexity index is 742. The summed E-state index contributed by atoms with van der Waals surface area (Å²) >= 11 is 6.21. The first-order valence-corrected chi connectivity index (χ1v) is 8.12. The summed E-state index contributed by atoms with van der Waals surface area (Å²) in [6, 6.07) is 8.26. The van der Waals surface area contributed by atoms with Crippen molar-refractivity contribution in [1.29, 1.82) is 0 Å². The molecule has 0 radical (unpaired) electrons. The lowest BCUT2D eigenvalue weighted by Gasteiger charge is -2.16. The van der Waals surface area contributed by atoms with Crippen LogP contribution in [0.15, 0.2) is 41.0 Å². The van der Waals surface area contributed by atoms with Gasteiger partial charge in [0.15, 0.2) is 5.76 Å². The van der Waals surface area contributed by atoms with Crippen LogP contribution in [-0.2, 0) is 4.79 Å². The van der Waals surface area contributed by atoms with Crippen LogP contribution in [0.5, 0.6) is 0 Å².